The first-order chi connectivity index (χ1) is 11.6. The van der Waals surface area contributed by atoms with Gasteiger partial charge in [0.25, 0.3) is 0 Å². The molecule has 0 aromatic heterocycles. The second kappa shape index (κ2) is 7.63. The number of hydrogen-bond donors (Lipinski definition) is 1. The van der Waals surface area contributed by atoms with Gasteiger partial charge >= 0.3 is 0 Å². The van der Waals surface area contributed by atoms with Gasteiger partial charge in [0, 0.05) is 25.0 Å². The quantitative estimate of drug-likeness (QED) is 0.914. The Morgan fingerprint density at radius 3 is 2.58 bits per heavy atom. The third kappa shape index (κ3) is 4.04. The lowest BCUT2D eigenvalue weighted by molar-refractivity contribution is -0.132. The molecular weight excluding hydrogens is 296 g/mol. The number of nitrogens with two attached hydrogens (primary N) is 1. The van der Waals surface area contributed by atoms with Crippen molar-refractivity contribution in [2.24, 2.45) is 5.73 Å². The minimum atomic E-state index is -0.223. The highest BCUT2D eigenvalue weighted by molar-refractivity contribution is 5.77. The molecule has 2 aromatic carbocycles. The largest absolute Gasteiger partial charge is 0.339 e. The van der Waals surface area contributed by atoms with Gasteiger partial charge in [-0.15, -0.1) is 0 Å². The van der Waals surface area contributed by atoms with Crippen molar-refractivity contribution in [3.8, 4) is 0 Å². The van der Waals surface area contributed by atoms with Crippen LogP contribution in [-0.4, -0.2) is 23.4 Å². The van der Waals surface area contributed by atoms with Crippen LogP contribution in [0.2, 0.25) is 0 Å². The van der Waals surface area contributed by atoms with Gasteiger partial charge in [-0.3, -0.25) is 4.79 Å². The molecule has 1 aliphatic heterocycles. The minimum absolute atomic E-state index is 0.181. The van der Waals surface area contributed by atoms with Crippen LogP contribution in [0, 0.1) is 6.92 Å². The molecule has 2 N–H and O–H groups in total. The highest BCUT2D eigenvalue weighted by Crippen LogP contribution is 2.24. The zero-order chi connectivity index (χ0) is 16.9. The molecule has 2 unspecified atom stereocenters. The molecule has 0 radical (unpaired) electrons. The van der Waals surface area contributed by atoms with Crippen LogP contribution < -0.4 is 5.73 Å². The Labute approximate surface area is 144 Å². The average molecular weight is 322 g/mol. The van der Waals surface area contributed by atoms with E-state index < -0.39 is 0 Å². The van der Waals surface area contributed by atoms with Gasteiger partial charge < -0.3 is 10.6 Å². The Bertz CT molecular complexity index is 666. The first-order valence-electron chi connectivity index (χ1n) is 8.79. The molecule has 126 valence electrons. The monoisotopic (exact) mass is 322 g/mol. The maximum atomic E-state index is 12.7. The van der Waals surface area contributed by atoms with E-state index in [1.807, 2.05) is 35.2 Å². The standard InChI is InChI=1S/C21H26N2O/c1-16-9-11-17(12-10-16)14-19-8-5-13-23(19)21(24)15-20(22)18-6-3-2-4-7-18/h2-4,6-7,9-12,19-20H,5,8,13-15,22H2,1H3. The molecule has 1 aliphatic rings. The second-order valence-corrected chi connectivity index (χ2v) is 6.79. The van der Waals surface area contributed by atoms with Crippen LogP contribution >= 0.6 is 0 Å². The van der Waals surface area contributed by atoms with Crippen LogP contribution in [0.5, 0.6) is 0 Å². The van der Waals surface area contributed by atoms with Crippen molar-refractivity contribution in [3.63, 3.8) is 0 Å². The average Bonchev–Trinajstić information content (AvgIpc) is 3.06. The lowest BCUT2D eigenvalue weighted by Crippen LogP contribution is -2.38. The number of carbonyl (C=O) groups is 1. The van der Waals surface area contributed by atoms with Crippen LogP contribution in [0.15, 0.2) is 54.6 Å². The Hall–Kier alpha value is -2.13. The second-order valence-electron chi connectivity index (χ2n) is 6.79. The molecule has 0 saturated carbocycles. The van der Waals surface area contributed by atoms with E-state index in [1.54, 1.807) is 0 Å². The lowest BCUT2D eigenvalue weighted by atomic mass is 10.0. The summed E-state index contributed by atoms with van der Waals surface area (Å²) in [4.78, 5) is 14.8. The molecule has 2 aromatic rings. The maximum absolute atomic E-state index is 12.7. The topological polar surface area (TPSA) is 46.3 Å². The van der Waals surface area contributed by atoms with E-state index >= 15 is 0 Å². The summed E-state index contributed by atoms with van der Waals surface area (Å²) in [7, 11) is 0. The molecule has 3 rings (SSSR count). The van der Waals surface area contributed by atoms with Gasteiger partial charge in [-0.05, 0) is 37.3 Å². The van der Waals surface area contributed by atoms with Crippen molar-refractivity contribution >= 4 is 5.91 Å². The van der Waals surface area contributed by atoms with E-state index in [0.717, 1.165) is 31.4 Å². The lowest BCUT2D eigenvalue weighted by Gasteiger charge is -2.26. The molecule has 24 heavy (non-hydrogen) atoms. The van der Waals surface area contributed by atoms with Crippen molar-refractivity contribution < 1.29 is 4.79 Å². The predicted octanol–water partition coefficient (Wildman–Crippen LogP) is 3.62. The molecule has 3 heteroatoms. The highest BCUT2D eigenvalue weighted by atomic mass is 16.2. The van der Waals surface area contributed by atoms with Crippen molar-refractivity contribution in [1.82, 2.24) is 4.90 Å². The first-order valence-corrected chi connectivity index (χ1v) is 8.79. The van der Waals surface area contributed by atoms with Gasteiger partial charge in [0.2, 0.25) is 5.91 Å². The van der Waals surface area contributed by atoms with Crippen LogP contribution in [0.25, 0.3) is 0 Å². The third-order valence-electron chi connectivity index (χ3n) is 4.91. The molecule has 1 amide bonds. The number of hydrogen-bond acceptors (Lipinski definition) is 2. The summed E-state index contributed by atoms with van der Waals surface area (Å²) in [5, 5.41) is 0. The SMILES string of the molecule is Cc1ccc(CC2CCCN2C(=O)CC(N)c2ccccc2)cc1. The fourth-order valence-corrected chi connectivity index (χ4v) is 3.50. The summed E-state index contributed by atoms with van der Waals surface area (Å²) in [6, 6.07) is 18.6. The fraction of sp³-hybridized carbons (Fsp3) is 0.381. The Morgan fingerprint density at radius 2 is 1.88 bits per heavy atom. The van der Waals surface area contributed by atoms with E-state index in [2.05, 4.69) is 31.2 Å². The molecule has 0 spiro atoms. The maximum Gasteiger partial charge on any atom is 0.224 e. The smallest absolute Gasteiger partial charge is 0.224 e. The highest BCUT2D eigenvalue weighted by Gasteiger charge is 2.29. The summed E-state index contributed by atoms with van der Waals surface area (Å²) in [5.41, 5.74) is 9.83. The number of benzene rings is 2. The Kier molecular flexibility index (Phi) is 5.31. The predicted molar refractivity (Wildman–Crippen MR) is 97.6 cm³/mol. The van der Waals surface area contributed by atoms with Gasteiger partial charge in [-0.1, -0.05) is 60.2 Å². The van der Waals surface area contributed by atoms with Gasteiger partial charge in [0.05, 0.1) is 0 Å². The van der Waals surface area contributed by atoms with Crippen molar-refractivity contribution in [2.75, 3.05) is 6.54 Å². The Morgan fingerprint density at radius 1 is 1.17 bits per heavy atom. The molecule has 0 bridgehead atoms. The van der Waals surface area contributed by atoms with E-state index in [4.69, 9.17) is 5.73 Å². The number of nitrogens with zero attached hydrogens (tertiary/aromatic N) is 1. The van der Waals surface area contributed by atoms with Crippen LogP contribution in [0.3, 0.4) is 0 Å². The molecule has 1 fully saturated rings. The summed E-state index contributed by atoms with van der Waals surface area (Å²) in [5.74, 6) is 0.181. The van der Waals surface area contributed by atoms with Crippen LogP contribution in [0.4, 0.5) is 0 Å². The summed E-state index contributed by atoms with van der Waals surface area (Å²) in [6.07, 6.45) is 3.49. The number of rotatable bonds is 5. The third-order valence-corrected chi connectivity index (χ3v) is 4.91. The van der Waals surface area contributed by atoms with Gasteiger partial charge in [0.15, 0.2) is 0 Å². The number of aryl methyl sites for hydroxylation is 1. The molecule has 1 saturated heterocycles. The van der Waals surface area contributed by atoms with E-state index in [-0.39, 0.29) is 11.9 Å². The van der Waals surface area contributed by atoms with Crippen LogP contribution in [0.1, 0.15) is 42.0 Å². The van der Waals surface area contributed by atoms with Crippen LogP contribution in [-0.2, 0) is 11.2 Å². The molecule has 2 atom stereocenters. The molecular formula is C21H26N2O. The van der Waals surface area contributed by atoms with Crippen molar-refractivity contribution in [1.29, 1.82) is 0 Å². The fourth-order valence-electron chi connectivity index (χ4n) is 3.50. The normalized spacial score (nSPS) is 18.6. The molecule has 0 aliphatic carbocycles. The van der Waals surface area contributed by atoms with E-state index in [0.29, 0.717) is 12.5 Å². The molecule has 1 heterocycles. The van der Waals surface area contributed by atoms with Gasteiger partial charge in [-0.2, -0.15) is 0 Å². The Balaban J connectivity index is 1.62. The number of carbonyl (C=O) groups excluding carboxylic acids is 1. The van der Waals surface area contributed by atoms with E-state index in [1.165, 1.54) is 11.1 Å². The number of amides is 1. The summed E-state index contributed by atoms with van der Waals surface area (Å²) < 4.78 is 0. The summed E-state index contributed by atoms with van der Waals surface area (Å²) >= 11 is 0. The van der Waals surface area contributed by atoms with Crippen molar-refractivity contribution in [3.05, 3.63) is 71.3 Å². The number of likely N-dealkylation sites (tertiary alicyclic amines) is 1. The zero-order valence-corrected chi connectivity index (χ0v) is 14.3. The minimum Gasteiger partial charge on any atom is -0.339 e. The first kappa shape index (κ1) is 16.7. The summed E-state index contributed by atoms with van der Waals surface area (Å²) in [6.45, 7) is 2.96. The van der Waals surface area contributed by atoms with E-state index in [9.17, 15) is 4.79 Å². The van der Waals surface area contributed by atoms with Gasteiger partial charge in [-0.25, -0.2) is 0 Å². The molecule has 3 nitrogen and oxygen atoms in total. The van der Waals surface area contributed by atoms with Crippen molar-refractivity contribution in [2.45, 2.75) is 44.7 Å². The zero-order valence-electron chi connectivity index (χ0n) is 14.3. The van der Waals surface area contributed by atoms with Gasteiger partial charge in [0.1, 0.15) is 0 Å².